The van der Waals surface area contributed by atoms with Crippen molar-refractivity contribution in [2.75, 3.05) is 19.7 Å². The van der Waals surface area contributed by atoms with Gasteiger partial charge < -0.3 is 9.64 Å². The molecule has 114 valence electrons. The first kappa shape index (κ1) is 14.6. The average Bonchev–Trinajstić information content (AvgIpc) is 3.27. The molecule has 1 aromatic carbocycles. The fourth-order valence-corrected chi connectivity index (χ4v) is 2.60. The Labute approximate surface area is 130 Å². The quantitative estimate of drug-likeness (QED) is 0.629. The highest BCUT2D eigenvalue weighted by Crippen LogP contribution is 2.32. The molecule has 0 radical (unpaired) electrons. The van der Waals surface area contributed by atoms with Crippen molar-refractivity contribution in [3.63, 3.8) is 0 Å². The summed E-state index contributed by atoms with van der Waals surface area (Å²) in [6, 6.07) is 9.55. The third-order valence-electron chi connectivity index (χ3n) is 4.02. The molecule has 1 saturated heterocycles. The number of likely N-dealkylation sites (tertiary alicyclic amines) is 1. The Morgan fingerprint density at radius 2 is 2.05 bits per heavy atom. The SMILES string of the molecule is O=C(OCC#Cc1ccccc1)[C@@H]1CC(=O)N(CC2CC2)C1. The van der Waals surface area contributed by atoms with Gasteiger partial charge in [-0.15, -0.1) is 0 Å². The summed E-state index contributed by atoms with van der Waals surface area (Å²) in [5.74, 6) is 5.85. The van der Waals surface area contributed by atoms with E-state index in [1.165, 1.54) is 12.8 Å². The van der Waals surface area contributed by atoms with Crippen LogP contribution >= 0.6 is 0 Å². The van der Waals surface area contributed by atoms with E-state index in [4.69, 9.17) is 4.74 Å². The van der Waals surface area contributed by atoms with Crippen molar-refractivity contribution in [1.29, 1.82) is 0 Å². The van der Waals surface area contributed by atoms with Crippen molar-refractivity contribution in [1.82, 2.24) is 4.90 Å². The van der Waals surface area contributed by atoms with Gasteiger partial charge in [0.1, 0.15) is 0 Å². The van der Waals surface area contributed by atoms with Crippen molar-refractivity contribution in [3.05, 3.63) is 35.9 Å². The van der Waals surface area contributed by atoms with Gasteiger partial charge in [-0.3, -0.25) is 9.59 Å². The van der Waals surface area contributed by atoms with E-state index < -0.39 is 0 Å². The monoisotopic (exact) mass is 297 g/mol. The lowest BCUT2D eigenvalue weighted by Crippen LogP contribution is -2.28. The molecule has 1 aromatic rings. The van der Waals surface area contributed by atoms with E-state index in [-0.39, 0.29) is 30.8 Å². The van der Waals surface area contributed by atoms with Crippen LogP contribution in [0.15, 0.2) is 30.3 Å². The second-order valence-corrected chi connectivity index (χ2v) is 5.92. The predicted molar refractivity (Wildman–Crippen MR) is 81.7 cm³/mol. The van der Waals surface area contributed by atoms with Gasteiger partial charge in [-0.2, -0.15) is 0 Å². The number of rotatable bonds is 4. The van der Waals surface area contributed by atoms with Crippen molar-refractivity contribution in [2.24, 2.45) is 11.8 Å². The van der Waals surface area contributed by atoms with Crippen LogP contribution in [0.25, 0.3) is 0 Å². The topological polar surface area (TPSA) is 46.6 Å². The van der Waals surface area contributed by atoms with E-state index in [1.54, 1.807) is 4.90 Å². The van der Waals surface area contributed by atoms with Gasteiger partial charge >= 0.3 is 5.97 Å². The first-order valence-electron chi connectivity index (χ1n) is 7.70. The van der Waals surface area contributed by atoms with Gasteiger partial charge in [-0.05, 0) is 30.9 Å². The van der Waals surface area contributed by atoms with Crippen LogP contribution in [0.4, 0.5) is 0 Å². The Morgan fingerprint density at radius 3 is 2.77 bits per heavy atom. The Hall–Kier alpha value is -2.28. The first-order chi connectivity index (χ1) is 10.7. The fourth-order valence-electron chi connectivity index (χ4n) is 2.60. The Bertz CT molecular complexity index is 610. The molecule has 1 saturated carbocycles. The molecule has 0 aromatic heterocycles. The number of carbonyl (C=O) groups excluding carboxylic acids is 2. The summed E-state index contributed by atoms with van der Waals surface area (Å²) < 4.78 is 5.17. The molecular weight excluding hydrogens is 278 g/mol. The zero-order valence-corrected chi connectivity index (χ0v) is 12.5. The lowest BCUT2D eigenvalue weighted by atomic mass is 10.1. The van der Waals surface area contributed by atoms with E-state index in [1.807, 2.05) is 30.3 Å². The van der Waals surface area contributed by atoms with Crippen molar-refractivity contribution >= 4 is 11.9 Å². The summed E-state index contributed by atoms with van der Waals surface area (Å²) in [5.41, 5.74) is 0.894. The number of carbonyl (C=O) groups is 2. The number of hydrogen-bond acceptors (Lipinski definition) is 3. The molecule has 3 rings (SSSR count). The van der Waals surface area contributed by atoms with Crippen LogP contribution < -0.4 is 0 Å². The van der Waals surface area contributed by atoms with Gasteiger partial charge in [0.25, 0.3) is 0 Å². The van der Waals surface area contributed by atoms with E-state index in [2.05, 4.69) is 11.8 Å². The third-order valence-corrected chi connectivity index (χ3v) is 4.02. The molecule has 22 heavy (non-hydrogen) atoms. The molecule has 1 heterocycles. The zero-order chi connectivity index (χ0) is 15.4. The second-order valence-electron chi connectivity index (χ2n) is 5.92. The van der Waals surface area contributed by atoms with Crippen LogP contribution in [0.5, 0.6) is 0 Å². The molecule has 0 spiro atoms. The molecule has 0 unspecified atom stereocenters. The number of ether oxygens (including phenoxy) is 1. The first-order valence-corrected chi connectivity index (χ1v) is 7.70. The van der Waals surface area contributed by atoms with Gasteiger partial charge in [0.15, 0.2) is 6.61 Å². The number of hydrogen-bond donors (Lipinski definition) is 0. The molecule has 0 bridgehead atoms. The maximum atomic E-state index is 12.0. The largest absolute Gasteiger partial charge is 0.452 e. The number of esters is 1. The van der Waals surface area contributed by atoms with E-state index in [0.29, 0.717) is 12.5 Å². The standard InChI is InChI=1S/C18H19NO3/c20-17-11-16(13-19(17)12-15-8-9-15)18(21)22-10-4-7-14-5-2-1-3-6-14/h1-3,5-6,15-16H,8-13H2/t16-/m1/s1. The molecule has 1 atom stereocenters. The summed E-state index contributed by atoms with van der Waals surface area (Å²) >= 11 is 0. The van der Waals surface area contributed by atoms with Crippen molar-refractivity contribution in [3.8, 4) is 11.8 Å². The van der Waals surface area contributed by atoms with Gasteiger partial charge in [-0.1, -0.05) is 30.0 Å². The van der Waals surface area contributed by atoms with Crippen molar-refractivity contribution < 1.29 is 14.3 Å². The lowest BCUT2D eigenvalue weighted by Gasteiger charge is -2.15. The molecule has 2 aliphatic rings. The zero-order valence-electron chi connectivity index (χ0n) is 12.5. The van der Waals surface area contributed by atoms with E-state index in [9.17, 15) is 9.59 Å². The van der Waals surface area contributed by atoms with E-state index >= 15 is 0 Å². The molecule has 4 nitrogen and oxygen atoms in total. The number of amides is 1. The third kappa shape index (κ3) is 3.88. The molecule has 2 fully saturated rings. The Balaban J connectivity index is 1.44. The highest BCUT2D eigenvalue weighted by Gasteiger charge is 2.37. The number of benzene rings is 1. The second kappa shape index (κ2) is 6.65. The summed E-state index contributed by atoms with van der Waals surface area (Å²) in [4.78, 5) is 25.6. The average molecular weight is 297 g/mol. The summed E-state index contributed by atoms with van der Waals surface area (Å²) in [5, 5.41) is 0. The van der Waals surface area contributed by atoms with Gasteiger partial charge in [0.05, 0.1) is 5.92 Å². The molecular formula is C18H19NO3. The minimum atomic E-state index is -0.329. The van der Waals surface area contributed by atoms with Crippen LogP contribution in [0.2, 0.25) is 0 Å². The Morgan fingerprint density at radius 1 is 1.27 bits per heavy atom. The normalized spacial score (nSPS) is 20.5. The summed E-state index contributed by atoms with van der Waals surface area (Å²) in [7, 11) is 0. The predicted octanol–water partition coefficient (Wildman–Crippen LogP) is 1.84. The smallest absolute Gasteiger partial charge is 0.312 e. The van der Waals surface area contributed by atoms with Crippen LogP contribution in [-0.4, -0.2) is 36.5 Å². The summed E-state index contributed by atoms with van der Waals surface area (Å²) in [6.07, 6.45) is 2.68. The van der Waals surface area contributed by atoms with E-state index in [0.717, 1.165) is 12.1 Å². The summed E-state index contributed by atoms with van der Waals surface area (Å²) in [6.45, 7) is 1.37. The maximum absolute atomic E-state index is 12.0. The molecule has 1 aliphatic heterocycles. The lowest BCUT2D eigenvalue weighted by molar-refractivity contribution is -0.146. The number of nitrogens with zero attached hydrogens (tertiary/aromatic N) is 1. The fraction of sp³-hybridized carbons (Fsp3) is 0.444. The van der Waals surface area contributed by atoms with Crippen LogP contribution in [0, 0.1) is 23.7 Å². The van der Waals surface area contributed by atoms with Crippen LogP contribution in [0.3, 0.4) is 0 Å². The van der Waals surface area contributed by atoms with Crippen LogP contribution in [0.1, 0.15) is 24.8 Å². The maximum Gasteiger partial charge on any atom is 0.312 e. The highest BCUT2D eigenvalue weighted by atomic mass is 16.5. The van der Waals surface area contributed by atoms with Crippen LogP contribution in [-0.2, 0) is 14.3 Å². The molecule has 4 heteroatoms. The highest BCUT2D eigenvalue weighted by molar-refractivity contribution is 5.86. The minimum Gasteiger partial charge on any atom is -0.452 e. The van der Waals surface area contributed by atoms with Gasteiger partial charge in [0, 0.05) is 25.1 Å². The Kier molecular flexibility index (Phi) is 4.43. The molecule has 1 aliphatic carbocycles. The van der Waals surface area contributed by atoms with Gasteiger partial charge in [0.2, 0.25) is 5.91 Å². The molecule has 1 amide bonds. The molecule has 0 N–H and O–H groups in total. The van der Waals surface area contributed by atoms with Gasteiger partial charge in [-0.25, -0.2) is 0 Å². The van der Waals surface area contributed by atoms with Crippen molar-refractivity contribution in [2.45, 2.75) is 19.3 Å². The minimum absolute atomic E-state index is 0.0705.